The summed E-state index contributed by atoms with van der Waals surface area (Å²) in [7, 11) is 1.32. The maximum absolute atomic E-state index is 11.9. The zero-order valence-corrected chi connectivity index (χ0v) is 13.4. The number of esters is 1. The van der Waals surface area contributed by atoms with Gasteiger partial charge >= 0.3 is 5.97 Å². The Balaban J connectivity index is 1.83. The molecule has 0 unspecified atom stereocenters. The molecule has 0 aliphatic rings. The van der Waals surface area contributed by atoms with E-state index in [1.54, 1.807) is 6.92 Å². The zero-order chi connectivity index (χ0) is 15.9. The Labute approximate surface area is 133 Å². The van der Waals surface area contributed by atoms with Gasteiger partial charge in [-0.3, -0.25) is 4.79 Å². The summed E-state index contributed by atoms with van der Waals surface area (Å²) in [5.74, 6) is -0.527. The third-order valence-electron chi connectivity index (χ3n) is 3.13. The first kappa shape index (κ1) is 16.2. The fourth-order valence-corrected chi connectivity index (χ4v) is 2.91. The van der Waals surface area contributed by atoms with Gasteiger partial charge in [-0.05, 0) is 25.3 Å². The van der Waals surface area contributed by atoms with Crippen molar-refractivity contribution in [3.8, 4) is 0 Å². The summed E-state index contributed by atoms with van der Waals surface area (Å²) in [5.41, 5.74) is 1.78. The minimum Gasteiger partial charge on any atom is -0.465 e. The molecular weight excluding hydrogens is 300 g/mol. The maximum atomic E-state index is 11.9. The van der Waals surface area contributed by atoms with E-state index < -0.39 is 5.97 Å². The van der Waals surface area contributed by atoms with Crippen LogP contribution in [0, 0.1) is 6.92 Å². The fourth-order valence-electron chi connectivity index (χ4n) is 2.01. The summed E-state index contributed by atoms with van der Waals surface area (Å²) in [6.45, 7) is 1.72. The fraction of sp³-hybridized carbons (Fsp3) is 0.312. The van der Waals surface area contributed by atoms with Gasteiger partial charge in [0.1, 0.15) is 4.88 Å². The molecule has 1 N–H and O–H groups in total. The molecule has 2 rings (SSSR count). The number of rotatable bonds is 6. The molecule has 0 atom stereocenters. The van der Waals surface area contributed by atoms with Crippen LogP contribution in [0.5, 0.6) is 0 Å². The van der Waals surface area contributed by atoms with Crippen molar-refractivity contribution in [1.82, 2.24) is 4.98 Å². The number of anilines is 1. The molecule has 1 heterocycles. The van der Waals surface area contributed by atoms with Gasteiger partial charge in [0.15, 0.2) is 5.13 Å². The number of aryl methyl sites for hydroxylation is 2. The van der Waals surface area contributed by atoms with Crippen molar-refractivity contribution in [3.63, 3.8) is 0 Å². The largest absolute Gasteiger partial charge is 0.465 e. The summed E-state index contributed by atoms with van der Waals surface area (Å²) in [5, 5.41) is 3.16. The van der Waals surface area contributed by atoms with E-state index in [1.807, 2.05) is 30.3 Å². The molecule has 1 aromatic heterocycles. The lowest BCUT2D eigenvalue weighted by molar-refractivity contribution is -0.116. The molecule has 0 bridgehead atoms. The highest BCUT2D eigenvalue weighted by Gasteiger charge is 2.16. The number of aromatic nitrogens is 1. The van der Waals surface area contributed by atoms with Crippen molar-refractivity contribution in [2.24, 2.45) is 0 Å². The van der Waals surface area contributed by atoms with Gasteiger partial charge < -0.3 is 10.1 Å². The third kappa shape index (κ3) is 4.39. The van der Waals surface area contributed by atoms with E-state index in [0.717, 1.165) is 24.2 Å². The molecule has 2 aromatic rings. The minimum atomic E-state index is -0.431. The summed E-state index contributed by atoms with van der Waals surface area (Å²) in [6, 6.07) is 10.0. The number of carbonyl (C=O) groups is 2. The van der Waals surface area contributed by atoms with Crippen LogP contribution in [0.1, 0.15) is 33.8 Å². The second-order valence-corrected chi connectivity index (χ2v) is 5.81. The van der Waals surface area contributed by atoms with Crippen LogP contribution in [-0.4, -0.2) is 24.0 Å². The number of amides is 1. The van der Waals surface area contributed by atoms with E-state index in [2.05, 4.69) is 15.0 Å². The first-order chi connectivity index (χ1) is 10.6. The number of methoxy groups -OCH3 is 1. The number of nitrogens with zero attached hydrogens (tertiary/aromatic N) is 1. The van der Waals surface area contributed by atoms with Crippen LogP contribution in [0.2, 0.25) is 0 Å². The molecule has 1 amide bonds. The molecule has 1 aromatic carbocycles. The molecule has 0 aliphatic carbocycles. The highest BCUT2D eigenvalue weighted by atomic mass is 32.1. The predicted octanol–water partition coefficient (Wildman–Crippen LogP) is 3.20. The van der Waals surface area contributed by atoms with E-state index in [1.165, 1.54) is 12.7 Å². The average molecular weight is 318 g/mol. The molecule has 0 saturated heterocycles. The predicted molar refractivity (Wildman–Crippen MR) is 86.2 cm³/mol. The van der Waals surface area contributed by atoms with E-state index in [4.69, 9.17) is 0 Å². The summed E-state index contributed by atoms with van der Waals surface area (Å²) in [4.78, 5) is 28.0. The Kier molecular flexibility index (Phi) is 5.66. The molecule has 5 nitrogen and oxygen atoms in total. The summed E-state index contributed by atoms with van der Waals surface area (Å²) in [6.07, 6.45) is 2.05. The van der Waals surface area contributed by atoms with Crippen molar-refractivity contribution in [2.45, 2.75) is 26.2 Å². The number of benzene rings is 1. The van der Waals surface area contributed by atoms with Gasteiger partial charge in [0.2, 0.25) is 5.91 Å². The average Bonchev–Trinajstić information content (AvgIpc) is 2.88. The van der Waals surface area contributed by atoms with Gasteiger partial charge in [0.05, 0.1) is 12.8 Å². The molecular formula is C16H18N2O3S. The molecule has 6 heteroatoms. The van der Waals surface area contributed by atoms with Crippen molar-refractivity contribution in [1.29, 1.82) is 0 Å². The summed E-state index contributed by atoms with van der Waals surface area (Å²) < 4.78 is 4.67. The Morgan fingerprint density at radius 2 is 2.00 bits per heavy atom. The lowest BCUT2D eigenvalue weighted by atomic mass is 10.1. The minimum absolute atomic E-state index is 0.0962. The number of carbonyl (C=O) groups excluding carboxylic acids is 2. The van der Waals surface area contributed by atoms with Gasteiger partial charge in [0.25, 0.3) is 0 Å². The lowest BCUT2D eigenvalue weighted by Gasteiger charge is -2.02. The van der Waals surface area contributed by atoms with Crippen LogP contribution in [0.4, 0.5) is 5.13 Å². The number of ether oxygens (including phenoxy) is 1. The quantitative estimate of drug-likeness (QED) is 0.831. The second-order valence-electron chi connectivity index (χ2n) is 4.81. The monoisotopic (exact) mass is 318 g/mol. The van der Waals surface area contributed by atoms with E-state index >= 15 is 0 Å². The van der Waals surface area contributed by atoms with Gasteiger partial charge in [-0.15, -0.1) is 0 Å². The SMILES string of the molecule is COC(=O)c1sc(NC(=O)CCCc2ccccc2)nc1C. The molecule has 116 valence electrons. The van der Waals surface area contributed by atoms with Gasteiger partial charge in [-0.2, -0.15) is 0 Å². The molecule has 0 saturated carbocycles. The van der Waals surface area contributed by atoms with Crippen LogP contribution in [0.3, 0.4) is 0 Å². The Bertz CT molecular complexity index is 653. The van der Waals surface area contributed by atoms with Gasteiger partial charge in [-0.1, -0.05) is 41.7 Å². The maximum Gasteiger partial charge on any atom is 0.350 e. The third-order valence-corrected chi connectivity index (χ3v) is 4.18. The van der Waals surface area contributed by atoms with Gasteiger partial charge in [-0.25, -0.2) is 9.78 Å². The molecule has 0 fully saturated rings. The Morgan fingerprint density at radius 1 is 1.27 bits per heavy atom. The smallest absolute Gasteiger partial charge is 0.350 e. The normalized spacial score (nSPS) is 10.3. The van der Waals surface area contributed by atoms with Crippen molar-refractivity contribution in [2.75, 3.05) is 12.4 Å². The van der Waals surface area contributed by atoms with E-state index in [9.17, 15) is 9.59 Å². The standard InChI is InChI=1S/C16H18N2O3S/c1-11-14(15(20)21-2)22-16(17-11)18-13(19)10-6-9-12-7-4-3-5-8-12/h3-5,7-8H,6,9-10H2,1-2H3,(H,17,18,19). The first-order valence-corrected chi connectivity index (χ1v) is 7.81. The summed E-state index contributed by atoms with van der Waals surface area (Å²) >= 11 is 1.13. The van der Waals surface area contributed by atoms with Crippen LogP contribution in [0.15, 0.2) is 30.3 Å². The van der Waals surface area contributed by atoms with Crippen LogP contribution < -0.4 is 5.32 Å². The highest BCUT2D eigenvalue weighted by Crippen LogP contribution is 2.23. The van der Waals surface area contributed by atoms with Crippen LogP contribution in [0.25, 0.3) is 0 Å². The topological polar surface area (TPSA) is 68.3 Å². The first-order valence-electron chi connectivity index (χ1n) is 6.99. The van der Waals surface area contributed by atoms with Crippen molar-refractivity contribution >= 4 is 28.3 Å². The van der Waals surface area contributed by atoms with Crippen LogP contribution >= 0.6 is 11.3 Å². The zero-order valence-electron chi connectivity index (χ0n) is 12.6. The number of hydrogen-bond acceptors (Lipinski definition) is 5. The van der Waals surface area contributed by atoms with E-state index in [-0.39, 0.29) is 5.91 Å². The molecule has 22 heavy (non-hydrogen) atoms. The van der Waals surface area contributed by atoms with Crippen molar-refractivity contribution < 1.29 is 14.3 Å². The van der Waals surface area contributed by atoms with Gasteiger partial charge in [0, 0.05) is 6.42 Å². The Hall–Kier alpha value is -2.21. The molecule has 0 spiro atoms. The molecule has 0 aliphatic heterocycles. The molecule has 0 radical (unpaired) electrons. The van der Waals surface area contributed by atoms with Crippen molar-refractivity contribution in [3.05, 3.63) is 46.5 Å². The lowest BCUT2D eigenvalue weighted by Crippen LogP contribution is -2.11. The van der Waals surface area contributed by atoms with Crippen LogP contribution in [-0.2, 0) is 16.0 Å². The highest BCUT2D eigenvalue weighted by molar-refractivity contribution is 7.17. The number of nitrogens with one attached hydrogen (secondary N) is 1. The number of thiazole rings is 1. The van der Waals surface area contributed by atoms with E-state index in [0.29, 0.717) is 22.1 Å². The Morgan fingerprint density at radius 3 is 2.68 bits per heavy atom. The second kappa shape index (κ2) is 7.70. The number of hydrogen-bond donors (Lipinski definition) is 1.